The third-order valence-corrected chi connectivity index (χ3v) is 3.25. The molecule has 4 nitrogen and oxygen atoms in total. The minimum absolute atomic E-state index is 0.0341. The van der Waals surface area contributed by atoms with E-state index in [4.69, 9.17) is 10.5 Å². The molecule has 0 aromatic heterocycles. The molecule has 1 aliphatic rings. The van der Waals surface area contributed by atoms with Gasteiger partial charge in [-0.15, -0.1) is 0 Å². The highest BCUT2D eigenvalue weighted by Gasteiger charge is 2.21. The number of hydrogen-bond acceptors (Lipinski definition) is 3. The molecule has 1 aromatic carbocycles. The molecule has 1 amide bonds. The van der Waals surface area contributed by atoms with Crippen molar-refractivity contribution >= 4 is 5.91 Å². The van der Waals surface area contributed by atoms with Gasteiger partial charge < -0.3 is 15.8 Å². The summed E-state index contributed by atoms with van der Waals surface area (Å²) >= 11 is 0. The van der Waals surface area contributed by atoms with Crippen LogP contribution in [-0.4, -0.2) is 18.6 Å². The van der Waals surface area contributed by atoms with Crippen LogP contribution >= 0.6 is 0 Å². The Balaban J connectivity index is 1.95. The van der Waals surface area contributed by atoms with Crippen molar-refractivity contribution in [3.8, 4) is 5.75 Å². The van der Waals surface area contributed by atoms with Gasteiger partial charge in [-0.2, -0.15) is 0 Å². The highest BCUT2D eigenvalue weighted by molar-refractivity contribution is 5.78. The van der Waals surface area contributed by atoms with Gasteiger partial charge in [-0.3, -0.25) is 4.79 Å². The number of aryl methyl sites for hydroxylation is 1. The van der Waals surface area contributed by atoms with Crippen LogP contribution in [-0.2, 0) is 4.79 Å². The molecule has 1 saturated heterocycles. The van der Waals surface area contributed by atoms with Crippen molar-refractivity contribution in [2.24, 2.45) is 5.73 Å². The molecule has 1 unspecified atom stereocenters. The van der Waals surface area contributed by atoms with Crippen LogP contribution in [0.2, 0.25) is 0 Å². The molecule has 0 spiro atoms. The van der Waals surface area contributed by atoms with E-state index in [1.807, 2.05) is 32.0 Å². The minimum Gasteiger partial charge on any atom is -0.491 e. The van der Waals surface area contributed by atoms with Crippen LogP contribution < -0.4 is 15.8 Å². The number of carbonyl (C=O) groups excluding carboxylic acids is 1. The molecule has 4 heteroatoms. The average Bonchev–Trinajstić information content (AvgIpc) is 2.73. The largest absolute Gasteiger partial charge is 0.491 e. The number of benzene rings is 1. The maximum atomic E-state index is 11.1. The van der Waals surface area contributed by atoms with E-state index in [0.717, 1.165) is 23.3 Å². The predicted molar refractivity (Wildman–Crippen MR) is 70.4 cm³/mol. The number of nitrogens with two attached hydrogens (primary N) is 1. The van der Waals surface area contributed by atoms with E-state index in [-0.39, 0.29) is 18.0 Å². The van der Waals surface area contributed by atoms with E-state index in [1.165, 1.54) is 0 Å². The van der Waals surface area contributed by atoms with Crippen molar-refractivity contribution < 1.29 is 9.53 Å². The number of ether oxygens (including phenoxy) is 1. The summed E-state index contributed by atoms with van der Waals surface area (Å²) in [6, 6.07) is 6.16. The molecular formula is C14H20N2O2. The van der Waals surface area contributed by atoms with Crippen LogP contribution in [0.25, 0.3) is 0 Å². The topological polar surface area (TPSA) is 64.3 Å². The van der Waals surface area contributed by atoms with Gasteiger partial charge in [-0.05, 0) is 37.5 Å². The molecule has 98 valence electrons. The van der Waals surface area contributed by atoms with E-state index in [1.54, 1.807) is 0 Å². The summed E-state index contributed by atoms with van der Waals surface area (Å²) < 4.78 is 5.75. The second-order valence-electron chi connectivity index (χ2n) is 4.93. The lowest BCUT2D eigenvalue weighted by Gasteiger charge is -2.15. The number of carbonyl (C=O) groups is 1. The second-order valence-corrected chi connectivity index (χ2v) is 4.93. The molecule has 0 saturated carbocycles. The molecule has 0 bridgehead atoms. The highest BCUT2D eigenvalue weighted by Crippen LogP contribution is 2.22. The zero-order valence-electron chi connectivity index (χ0n) is 10.9. The summed E-state index contributed by atoms with van der Waals surface area (Å²) in [7, 11) is 0. The number of rotatable bonds is 4. The number of hydrogen-bond donors (Lipinski definition) is 2. The van der Waals surface area contributed by atoms with Gasteiger partial charge in [0.15, 0.2) is 0 Å². The fraction of sp³-hybridized carbons (Fsp3) is 0.500. The Hall–Kier alpha value is -1.55. The summed E-state index contributed by atoms with van der Waals surface area (Å²) in [5.74, 6) is 0.980. The molecule has 2 atom stereocenters. The SMILES string of the molecule is Cc1cc([C@@H](C)N)ccc1OCC1CCC(=O)N1. The van der Waals surface area contributed by atoms with Gasteiger partial charge in [0.2, 0.25) is 5.91 Å². The molecule has 1 aromatic rings. The van der Waals surface area contributed by atoms with Crippen molar-refractivity contribution in [2.75, 3.05) is 6.61 Å². The molecule has 1 aliphatic heterocycles. The Labute approximate surface area is 108 Å². The Kier molecular flexibility index (Phi) is 3.87. The Bertz CT molecular complexity index is 443. The van der Waals surface area contributed by atoms with Gasteiger partial charge in [0.05, 0.1) is 6.04 Å². The van der Waals surface area contributed by atoms with Crippen molar-refractivity contribution in [3.05, 3.63) is 29.3 Å². The Morgan fingerprint density at radius 3 is 2.89 bits per heavy atom. The smallest absolute Gasteiger partial charge is 0.220 e. The lowest BCUT2D eigenvalue weighted by Crippen LogP contribution is -2.30. The first-order chi connectivity index (χ1) is 8.56. The first-order valence-corrected chi connectivity index (χ1v) is 6.34. The van der Waals surface area contributed by atoms with E-state index in [0.29, 0.717) is 13.0 Å². The van der Waals surface area contributed by atoms with Crippen LogP contribution in [0.3, 0.4) is 0 Å². The van der Waals surface area contributed by atoms with E-state index in [2.05, 4.69) is 5.32 Å². The molecule has 0 radical (unpaired) electrons. The normalized spacial score (nSPS) is 20.6. The number of nitrogens with one attached hydrogen (secondary N) is 1. The first-order valence-electron chi connectivity index (χ1n) is 6.34. The van der Waals surface area contributed by atoms with Crippen molar-refractivity contribution in [1.82, 2.24) is 5.32 Å². The summed E-state index contributed by atoms with van der Waals surface area (Å²) in [5.41, 5.74) is 8.02. The predicted octanol–water partition coefficient (Wildman–Crippen LogP) is 1.67. The molecule has 3 N–H and O–H groups in total. The van der Waals surface area contributed by atoms with Crippen molar-refractivity contribution in [2.45, 2.75) is 38.8 Å². The Morgan fingerprint density at radius 2 is 2.33 bits per heavy atom. The van der Waals surface area contributed by atoms with Crippen LogP contribution in [0, 0.1) is 6.92 Å². The average molecular weight is 248 g/mol. The van der Waals surface area contributed by atoms with Gasteiger partial charge in [-0.1, -0.05) is 12.1 Å². The zero-order valence-corrected chi connectivity index (χ0v) is 10.9. The van der Waals surface area contributed by atoms with E-state index < -0.39 is 0 Å². The van der Waals surface area contributed by atoms with Gasteiger partial charge in [0.25, 0.3) is 0 Å². The van der Waals surface area contributed by atoms with Crippen molar-refractivity contribution in [1.29, 1.82) is 0 Å². The summed E-state index contributed by atoms with van der Waals surface area (Å²) in [4.78, 5) is 11.1. The molecule has 18 heavy (non-hydrogen) atoms. The van der Waals surface area contributed by atoms with Crippen LogP contribution in [0.5, 0.6) is 5.75 Å². The van der Waals surface area contributed by atoms with Gasteiger partial charge in [-0.25, -0.2) is 0 Å². The zero-order chi connectivity index (χ0) is 13.1. The van der Waals surface area contributed by atoms with E-state index >= 15 is 0 Å². The second kappa shape index (κ2) is 5.40. The van der Waals surface area contributed by atoms with Crippen LogP contribution in [0.15, 0.2) is 18.2 Å². The molecule has 0 aliphatic carbocycles. The third-order valence-electron chi connectivity index (χ3n) is 3.25. The van der Waals surface area contributed by atoms with Gasteiger partial charge in [0, 0.05) is 12.5 Å². The van der Waals surface area contributed by atoms with Crippen LogP contribution in [0.1, 0.15) is 36.9 Å². The van der Waals surface area contributed by atoms with Crippen LogP contribution in [0.4, 0.5) is 0 Å². The fourth-order valence-electron chi connectivity index (χ4n) is 2.11. The monoisotopic (exact) mass is 248 g/mol. The Morgan fingerprint density at radius 1 is 1.56 bits per heavy atom. The highest BCUT2D eigenvalue weighted by atomic mass is 16.5. The maximum absolute atomic E-state index is 11.1. The molecular weight excluding hydrogens is 228 g/mol. The summed E-state index contributed by atoms with van der Waals surface area (Å²) in [5, 5.41) is 2.89. The summed E-state index contributed by atoms with van der Waals surface area (Å²) in [6.45, 7) is 4.50. The standard InChI is InChI=1S/C14H20N2O2/c1-9-7-11(10(2)15)3-5-13(9)18-8-12-4-6-14(17)16-12/h3,5,7,10,12H,4,6,8,15H2,1-2H3,(H,16,17)/t10-,12?/m1/s1. The van der Waals surface area contributed by atoms with Crippen molar-refractivity contribution in [3.63, 3.8) is 0 Å². The quantitative estimate of drug-likeness (QED) is 0.852. The molecule has 1 fully saturated rings. The first kappa shape index (κ1) is 12.9. The fourth-order valence-corrected chi connectivity index (χ4v) is 2.11. The van der Waals surface area contributed by atoms with Gasteiger partial charge in [0.1, 0.15) is 12.4 Å². The minimum atomic E-state index is 0.0341. The maximum Gasteiger partial charge on any atom is 0.220 e. The third kappa shape index (κ3) is 3.01. The lowest BCUT2D eigenvalue weighted by molar-refractivity contribution is -0.119. The molecule has 2 rings (SSSR count). The summed E-state index contributed by atoms with van der Waals surface area (Å²) in [6.07, 6.45) is 1.46. The lowest BCUT2D eigenvalue weighted by atomic mass is 10.1. The number of amides is 1. The molecule has 1 heterocycles. The van der Waals surface area contributed by atoms with E-state index in [9.17, 15) is 4.79 Å². The van der Waals surface area contributed by atoms with Gasteiger partial charge >= 0.3 is 0 Å².